The van der Waals surface area contributed by atoms with E-state index in [4.69, 9.17) is 0 Å². The van der Waals surface area contributed by atoms with Gasteiger partial charge in [0.1, 0.15) is 29.6 Å². The Kier molecular flexibility index (Phi) is 3.66. The van der Waals surface area contributed by atoms with Gasteiger partial charge in [-0.05, 0) is 18.2 Å². The van der Waals surface area contributed by atoms with Gasteiger partial charge in [-0.15, -0.1) is 0 Å². The van der Waals surface area contributed by atoms with E-state index in [2.05, 4.69) is 20.6 Å². The predicted octanol–water partition coefficient (Wildman–Crippen LogP) is 2.41. The van der Waals surface area contributed by atoms with Crippen LogP contribution in [-0.4, -0.2) is 17.0 Å². The largest absolute Gasteiger partial charge is 0.373 e. The molecule has 6 heteroatoms. The number of hydrogen-bond acceptors (Lipinski definition) is 4. The molecule has 0 unspecified atom stereocenters. The first-order valence-corrected chi connectivity index (χ1v) is 5.36. The summed E-state index contributed by atoms with van der Waals surface area (Å²) in [7, 11) is 1.73. The van der Waals surface area contributed by atoms with Crippen molar-refractivity contribution in [3.63, 3.8) is 0 Å². The maximum absolute atomic E-state index is 13.4. The smallest absolute Gasteiger partial charge is 0.131 e. The van der Waals surface area contributed by atoms with Crippen molar-refractivity contribution in [3.8, 4) is 0 Å². The SMILES string of the molecule is CNc1cc(NCc2cc(F)ccc2F)ncn1. The third-order valence-electron chi connectivity index (χ3n) is 2.39. The first-order chi connectivity index (χ1) is 8.69. The van der Waals surface area contributed by atoms with E-state index in [1.807, 2.05) is 0 Å². The average molecular weight is 250 g/mol. The maximum Gasteiger partial charge on any atom is 0.131 e. The molecule has 0 bridgehead atoms. The highest BCUT2D eigenvalue weighted by Crippen LogP contribution is 2.13. The molecular weight excluding hydrogens is 238 g/mol. The van der Waals surface area contributed by atoms with Gasteiger partial charge in [-0.1, -0.05) is 0 Å². The zero-order chi connectivity index (χ0) is 13.0. The summed E-state index contributed by atoms with van der Waals surface area (Å²) in [6, 6.07) is 5.02. The van der Waals surface area contributed by atoms with Crippen molar-refractivity contribution >= 4 is 11.6 Å². The van der Waals surface area contributed by atoms with Crippen molar-refractivity contribution in [1.82, 2.24) is 9.97 Å². The Labute approximate surface area is 103 Å². The Bertz CT molecular complexity index is 545. The van der Waals surface area contributed by atoms with Gasteiger partial charge in [-0.2, -0.15) is 0 Å². The van der Waals surface area contributed by atoms with Crippen molar-refractivity contribution in [1.29, 1.82) is 0 Å². The molecule has 0 amide bonds. The maximum atomic E-state index is 13.4. The van der Waals surface area contributed by atoms with E-state index in [9.17, 15) is 8.78 Å². The molecule has 0 spiro atoms. The summed E-state index contributed by atoms with van der Waals surface area (Å²) in [5, 5.41) is 5.77. The van der Waals surface area contributed by atoms with E-state index in [1.165, 1.54) is 6.33 Å². The predicted molar refractivity (Wildman–Crippen MR) is 65.3 cm³/mol. The normalized spacial score (nSPS) is 10.2. The van der Waals surface area contributed by atoms with Crippen molar-refractivity contribution in [3.05, 3.63) is 47.8 Å². The first kappa shape index (κ1) is 12.2. The van der Waals surface area contributed by atoms with Crippen molar-refractivity contribution in [2.75, 3.05) is 17.7 Å². The van der Waals surface area contributed by atoms with Crippen LogP contribution in [0.5, 0.6) is 0 Å². The molecule has 0 fully saturated rings. The molecule has 2 rings (SSSR count). The molecule has 0 aliphatic heterocycles. The molecule has 0 radical (unpaired) electrons. The van der Waals surface area contributed by atoms with E-state index < -0.39 is 11.6 Å². The Morgan fingerprint density at radius 1 is 1.11 bits per heavy atom. The fraction of sp³-hybridized carbons (Fsp3) is 0.167. The molecule has 18 heavy (non-hydrogen) atoms. The van der Waals surface area contributed by atoms with Gasteiger partial charge in [0.05, 0.1) is 0 Å². The minimum Gasteiger partial charge on any atom is -0.373 e. The monoisotopic (exact) mass is 250 g/mol. The van der Waals surface area contributed by atoms with Crippen LogP contribution >= 0.6 is 0 Å². The number of hydrogen-bond donors (Lipinski definition) is 2. The highest BCUT2D eigenvalue weighted by Gasteiger charge is 2.04. The minimum absolute atomic E-state index is 0.157. The Morgan fingerprint density at radius 3 is 2.67 bits per heavy atom. The van der Waals surface area contributed by atoms with E-state index in [1.54, 1.807) is 13.1 Å². The number of rotatable bonds is 4. The number of nitrogens with one attached hydrogen (secondary N) is 2. The number of benzene rings is 1. The molecule has 0 saturated heterocycles. The van der Waals surface area contributed by atoms with Crippen LogP contribution in [0.15, 0.2) is 30.6 Å². The van der Waals surface area contributed by atoms with Crippen LogP contribution in [0, 0.1) is 11.6 Å². The molecule has 0 atom stereocenters. The summed E-state index contributed by atoms with van der Waals surface area (Å²) in [5.41, 5.74) is 0.250. The zero-order valence-electron chi connectivity index (χ0n) is 9.74. The topological polar surface area (TPSA) is 49.8 Å². The number of halogens is 2. The van der Waals surface area contributed by atoms with Crippen LogP contribution in [0.3, 0.4) is 0 Å². The van der Waals surface area contributed by atoms with E-state index in [0.29, 0.717) is 11.6 Å². The van der Waals surface area contributed by atoms with Crippen LogP contribution in [0.1, 0.15) is 5.56 Å². The second-order valence-corrected chi connectivity index (χ2v) is 3.63. The fourth-order valence-electron chi connectivity index (χ4n) is 1.46. The zero-order valence-corrected chi connectivity index (χ0v) is 9.74. The van der Waals surface area contributed by atoms with Gasteiger partial charge in [0.25, 0.3) is 0 Å². The van der Waals surface area contributed by atoms with E-state index >= 15 is 0 Å². The molecule has 0 aliphatic rings. The van der Waals surface area contributed by atoms with Gasteiger partial charge in [0.2, 0.25) is 0 Å². The first-order valence-electron chi connectivity index (χ1n) is 5.36. The molecule has 0 aliphatic carbocycles. The second kappa shape index (κ2) is 5.39. The molecule has 2 aromatic rings. The quantitative estimate of drug-likeness (QED) is 0.874. The molecule has 1 heterocycles. The molecule has 0 saturated carbocycles. The van der Waals surface area contributed by atoms with Gasteiger partial charge < -0.3 is 10.6 Å². The van der Waals surface area contributed by atoms with Gasteiger partial charge in [-0.25, -0.2) is 18.7 Å². The summed E-state index contributed by atoms with van der Waals surface area (Å²) in [4.78, 5) is 7.92. The van der Waals surface area contributed by atoms with Crippen LogP contribution in [0.4, 0.5) is 20.4 Å². The molecule has 1 aromatic heterocycles. The molecular formula is C12H12F2N4. The van der Waals surface area contributed by atoms with Gasteiger partial charge >= 0.3 is 0 Å². The number of nitrogens with zero attached hydrogens (tertiary/aromatic N) is 2. The highest BCUT2D eigenvalue weighted by molar-refractivity contribution is 5.46. The molecule has 94 valence electrons. The minimum atomic E-state index is -0.466. The van der Waals surface area contributed by atoms with Crippen LogP contribution in [-0.2, 0) is 6.54 Å². The van der Waals surface area contributed by atoms with Gasteiger partial charge in [-0.3, -0.25) is 0 Å². The van der Waals surface area contributed by atoms with Gasteiger partial charge in [0.15, 0.2) is 0 Å². The van der Waals surface area contributed by atoms with E-state index in [-0.39, 0.29) is 12.1 Å². The lowest BCUT2D eigenvalue weighted by molar-refractivity contribution is 0.587. The molecule has 2 N–H and O–H groups in total. The van der Waals surface area contributed by atoms with Crippen LogP contribution in [0.25, 0.3) is 0 Å². The average Bonchev–Trinajstić information content (AvgIpc) is 2.40. The summed E-state index contributed by atoms with van der Waals surface area (Å²) in [6.07, 6.45) is 1.39. The lowest BCUT2D eigenvalue weighted by Crippen LogP contribution is -2.05. The molecule has 1 aromatic carbocycles. The summed E-state index contributed by atoms with van der Waals surface area (Å²) < 4.78 is 26.3. The fourth-order valence-corrected chi connectivity index (χ4v) is 1.46. The Hall–Kier alpha value is -2.24. The van der Waals surface area contributed by atoms with Crippen molar-refractivity contribution in [2.24, 2.45) is 0 Å². The highest BCUT2D eigenvalue weighted by atomic mass is 19.1. The number of anilines is 2. The Morgan fingerprint density at radius 2 is 1.89 bits per heavy atom. The van der Waals surface area contributed by atoms with Crippen LogP contribution < -0.4 is 10.6 Å². The number of aromatic nitrogens is 2. The van der Waals surface area contributed by atoms with Crippen LogP contribution in [0.2, 0.25) is 0 Å². The summed E-state index contributed by atoms with van der Waals surface area (Å²) in [6.45, 7) is 0.157. The third-order valence-corrected chi connectivity index (χ3v) is 2.39. The lowest BCUT2D eigenvalue weighted by atomic mass is 10.2. The Balaban J connectivity index is 2.08. The third kappa shape index (κ3) is 2.91. The molecule has 4 nitrogen and oxygen atoms in total. The standard InChI is InChI=1S/C12H12F2N4/c1-15-11-5-12(18-7-17-11)16-6-8-4-9(13)2-3-10(8)14/h2-5,7H,6H2,1H3,(H2,15,16,17,18). The van der Waals surface area contributed by atoms with Crippen molar-refractivity contribution < 1.29 is 8.78 Å². The summed E-state index contributed by atoms with van der Waals surface area (Å²) in [5.74, 6) is 0.267. The second-order valence-electron chi connectivity index (χ2n) is 3.63. The summed E-state index contributed by atoms with van der Waals surface area (Å²) >= 11 is 0. The van der Waals surface area contributed by atoms with Gasteiger partial charge in [0, 0.05) is 25.2 Å². The lowest BCUT2D eigenvalue weighted by Gasteiger charge is -2.07. The van der Waals surface area contributed by atoms with Crippen molar-refractivity contribution in [2.45, 2.75) is 6.54 Å². The van der Waals surface area contributed by atoms with E-state index in [0.717, 1.165) is 18.2 Å².